The molecule has 9 heteroatoms. The van der Waals surface area contributed by atoms with Crippen molar-refractivity contribution in [1.29, 1.82) is 0 Å². The molecular formula is C18H29N5O4. The summed E-state index contributed by atoms with van der Waals surface area (Å²) in [7, 11) is 1.60. The normalized spacial score (nSPS) is 12.3. The van der Waals surface area contributed by atoms with E-state index in [1.807, 2.05) is 13.8 Å². The van der Waals surface area contributed by atoms with Gasteiger partial charge in [-0.2, -0.15) is 0 Å². The summed E-state index contributed by atoms with van der Waals surface area (Å²) in [5, 5.41) is 20.0. The molecule has 1 amide bonds. The van der Waals surface area contributed by atoms with Crippen molar-refractivity contribution < 1.29 is 14.5 Å². The number of rotatable bonds is 6. The van der Waals surface area contributed by atoms with Gasteiger partial charge in [0.2, 0.25) is 0 Å². The average Bonchev–Trinajstić information content (AvgIpc) is 2.52. The van der Waals surface area contributed by atoms with Gasteiger partial charge in [0, 0.05) is 31.8 Å². The molecule has 0 atom stereocenters. The van der Waals surface area contributed by atoms with E-state index >= 15 is 0 Å². The Hall–Kier alpha value is -2.84. The fourth-order valence-electron chi connectivity index (χ4n) is 2.17. The van der Waals surface area contributed by atoms with Crippen LogP contribution in [0.25, 0.3) is 0 Å². The van der Waals surface area contributed by atoms with Crippen molar-refractivity contribution in [3.63, 3.8) is 0 Å². The van der Waals surface area contributed by atoms with Gasteiger partial charge in [-0.25, -0.2) is 4.79 Å². The highest BCUT2D eigenvalue weighted by molar-refractivity contribution is 5.80. The van der Waals surface area contributed by atoms with E-state index in [2.05, 4.69) is 20.9 Å². The van der Waals surface area contributed by atoms with Crippen LogP contribution in [0, 0.1) is 10.1 Å². The molecule has 0 bridgehead atoms. The zero-order valence-corrected chi connectivity index (χ0v) is 16.8. The number of ether oxygens (including phenoxy) is 1. The van der Waals surface area contributed by atoms with Crippen LogP contribution in [0.5, 0.6) is 0 Å². The maximum atomic E-state index is 11.9. The van der Waals surface area contributed by atoms with Crippen molar-refractivity contribution in [2.45, 2.75) is 52.3 Å². The molecule has 0 saturated carbocycles. The quantitative estimate of drug-likeness (QED) is 0.303. The summed E-state index contributed by atoms with van der Waals surface area (Å²) in [5.41, 5.74) is -0.571. The van der Waals surface area contributed by atoms with E-state index < -0.39 is 22.2 Å². The van der Waals surface area contributed by atoms with Crippen molar-refractivity contribution in [3.05, 3.63) is 39.9 Å². The molecule has 0 aliphatic rings. The van der Waals surface area contributed by atoms with Crippen molar-refractivity contribution in [2.75, 3.05) is 13.6 Å². The molecule has 0 aliphatic carbocycles. The molecule has 0 unspecified atom stereocenters. The number of carbonyl (C=O) groups is 1. The smallest absolute Gasteiger partial charge is 0.408 e. The maximum Gasteiger partial charge on any atom is 0.408 e. The summed E-state index contributed by atoms with van der Waals surface area (Å²) in [4.78, 5) is 26.7. The van der Waals surface area contributed by atoms with E-state index in [1.54, 1.807) is 46.0 Å². The van der Waals surface area contributed by atoms with Crippen molar-refractivity contribution in [2.24, 2.45) is 4.99 Å². The van der Waals surface area contributed by atoms with Crippen LogP contribution in [0.2, 0.25) is 0 Å². The Morgan fingerprint density at radius 1 is 1.19 bits per heavy atom. The molecule has 0 saturated heterocycles. The summed E-state index contributed by atoms with van der Waals surface area (Å²) < 4.78 is 5.26. The van der Waals surface area contributed by atoms with Gasteiger partial charge in [-0.1, -0.05) is 18.2 Å². The van der Waals surface area contributed by atoms with Gasteiger partial charge >= 0.3 is 6.09 Å². The number of nitro benzene ring substituents is 1. The Labute approximate surface area is 159 Å². The number of amides is 1. The molecule has 0 aromatic heterocycles. The fraction of sp³-hybridized carbons (Fsp3) is 0.556. The largest absolute Gasteiger partial charge is 0.444 e. The number of nitro groups is 1. The zero-order valence-electron chi connectivity index (χ0n) is 16.8. The molecule has 1 aromatic carbocycles. The Bertz CT molecular complexity index is 695. The number of carbonyl (C=O) groups excluding carboxylic acids is 1. The highest BCUT2D eigenvalue weighted by Gasteiger charge is 2.24. The second-order valence-electron chi connectivity index (χ2n) is 7.68. The average molecular weight is 379 g/mol. The van der Waals surface area contributed by atoms with Crippen molar-refractivity contribution in [1.82, 2.24) is 16.0 Å². The number of nitrogens with one attached hydrogen (secondary N) is 3. The van der Waals surface area contributed by atoms with E-state index in [0.717, 1.165) is 0 Å². The lowest BCUT2D eigenvalue weighted by Gasteiger charge is -2.29. The van der Waals surface area contributed by atoms with Crippen molar-refractivity contribution >= 4 is 17.7 Å². The van der Waals surface area contributed by atoms with E-state index in [4.69, 9.17) is 4.74 Å². The highest BCUT2D eigenvalue weighted by atomic mass is 16.6. The van der Waals surface area contributed by atoms with Gasteiger partial charge in [0.1, 0.15) is 5.60 Å². The van der Waals surface area contributed by atoms with Gasteiger partial charge < -0.3 is 20.7 Å². The third kappa shape index (κ3) is 8.39. The first-order valence-corrected chi connectivity index (χ1v) is 8.61. The van der Waals surface area contributed by atoms with Gasteiger partial charge in [-0.15, -0.1) is 0 Å². The Morgan fingerprint density at radius 2 is 1.81 bits per heavy atom. The molecule has 27 heavy (non-hydrogen) atoms. The molecule has 9 nitrogen and oxygen atoms in total. The molecule has 0 fully saturated rings. The predicted octanol–water partition coefficient (Wildman–Crippen LogP) is 2.56. The number of hydrogen-bond acceptors (Lipinski definition) is 5. The van der Waals surface area contributed by atoms with Crippen LogP contribution in [-0.4, -0.2) is 41.7 Å². The monoisotopic (exact) mass is 379 g/mol. The van der Waals surface area contributed by atoms with Crippen LogP contribution in [-0.2, 0) is 11.3 Å². The summed E-state index contributed by atoms with van der Waals surface area (Å²) in [6.45, 7) is 9.71. The minimum Gasteiger partial charge on any atom is -0.444 e. The number of guanidine groups is 1. The molecule has 3 N–H and O–H groups in total. The standard InChI is InChI=1S/C18H29N5O4/c1-17(2,3)27-16(24)22-18(4,5)12-21-15(19-6)20-11-13-9-7-8-10-14(13)23(25)26/h7-10H,11-12H2,1-6H3,(H,22,24)(H2,19,20,21). The minimum absolute atomic E-state index is 0.0485. The number of alkyl carbamates (subject to hydrolysis) is 1. The van der Waals surface area contributed by atoms with E-state index in [0.29, 0.717) is 18.1 Å². The third-order valence-corrected chi connectivity index (χ3v) is 3.40. The molecule has 0 heterocycles. The lowest BCUT2D eigenvalue weighted by Crippen LogP contribution is -2.54. The van der Waals surface area contributed by atoms with Crippen LogP contribution >= 0.6 is 0 Å². The topological polar surface area (TPSA) is 118 Å². The van der Waals surface area contributed by atoms with Gasteiger partial charge in [0.05, 0.1) is 10.5 Å². The molecule has 150 valence electrons. The highest BCUT2D eigenvalue weighted by Crippen LogP contribution is 2.17. The van der Waals surface area contributed by atoms with E-state index in [1.165, 1.54) is 6.07 Å². The van der Waals surface area contributed by atoms with Crippen molar-refractivity contribution in [3.8, 4) is 0 Å². The number of hydrogen-bond donors (Lipinski definition) is 3. The number of benzene rings is 1. The maximum absolute atomic E-state index is 11.9. The Balaban J connectivity index is 2.59. The van der Waals surface area contributed by atoms with Gasteiger partial charge in [0.15, 0.2) is 5.96 Å². The van der Waals surface area contributed by atoms with E-state index in [-0.39, 0.29) is 12.2 Å². The summed E-state index contributed by atoms with van der Waals surface area (Å²) in [6, 6.07) is 6.51. The Kier molecular flexibility index (Phi) is 7.56. The first-order chi connectivity index (χ1) is 12.4. The first-order valence-electron chi connectivity index (χ1n) is 8.61. The number of nitrogens with zero attached hydrogens (tertiary/aromatic N) is 2. The first kappa shape index (κ1) is 22.2. The molecule has 0 spiro atoms. The molecule has 1 aromatic rings. The molecule has 1 rings (SSSR count). The summed E-state index contributed by atoms with van der Waals surface area (Å²) >= 11 is 0. The molecular weight excluding hydrogens is 350 g/mol. The SMILES string of the molecule is CN=C(NCc1ccccc1[N+](=O)[O-])NCC(C)(C)NC(=O)OC(C)(C)C. The van der Waals surface area contributed by atoms with Gasteiger partial charge in [-0.05, 0) is 34.6 Å². The Morgan fingerprint density at radius 3 is 2.37 bits per heavy atom. The minimum atomic E-state index is -0.599. The second kappa shape index (κ2) is 9.20. The van der Waals surface area contributed by atoms with Crippen LogP contribution in [0.3, 0.4) is 0 Å². The molecule has 0 radical (unpaired) electrons. The molecule has 0 aliphatic heterocycles. The van der Waals surface area contributed by atoms with E-state index in [9.17, 15) is 14.9 Å². The van der Waals surface area contributed by atoms with Crippen LogP contribution in [0.15, 0.2) is 29.3 Å². The zero-order chi connectivity index (χ0) is 20.7. The fourth-order valence-corrected chi connectivity index (χ4v) is 2.17. The second-order valence-corrected chi connectivity index (χ2v) is 7.68. The lowest BCUT2D eigenvalue weighted by atomic mass is 10.1. The lowest BCUT2D eigenvalue weighted by molar-refractivity contribution is -0.385. The number of para-hydroxylation sites is 1. The van der Waals surface area contributed by atoms with Crippen LogP contribution in [0.4, 0.5) is 10.5 Å². The number of aliphatic imine (C=N–C) groups is 1. The summed E-state index contributed by atoms with van der Waals surface area (Å²) in [6.07, 6.45) is -0.503. The van der Waals surface area contributed by atoms with Crippen LogP contribution < -0.4 is 16.0 Å². The summed E-state index contributed by atoms with van der Waals surface area (Å²) in [5.74, 6) is 0.465. The third-order valence-electron chi connectivity index (χ3n) is 3.40. The predicted molar refractivity (Wildman–Crippen MR) is 105 cm³/mol. The van der Waals surface area contributed by atoms with Crippen LogP contribution in [0.1, 0.15) is 40.2 Å². The van der Waals surface area contributed by atoms with Gasteiger partial charge in [-0.3, -0.25) is 15.1 Å². The van der Waals surface area contributed by atoms with Gasteiger partial charge in [0.25, 0.3) is 5.69 Å².